The van der Waals surface area contributed by atoms with E-state index in [2.05, 4.69) is 16.7 Å². The van der Waals surface area contributed by atoms with Crippen LogP contribution in [0.1, 0.15) is 30.1 Å². The number of piperidine rings is 1. The van der Waals surface area contributed by atoms with E-state index in [1.165, 1.54) is 0 Å². The van der Waals surface area contributed by atoms with Crippen LogP contribution in [-0.2, 0) is 4.74 Å². The number of hydrogen-bond acceptors (Lipinski definition) is 8. The van der Waals surface area contributed by atoms with Gasteiger partial charge in [0.25, 0.3) is 0 Å². The number of carbonyl (C=O) groups excluding carboxylic acids is 1. The number of amides is 1. The highest BCUT2D eigenvalue weighted by Gasteiger charge is 2.26. The van der Waals surface area contributed by atoms with Crippen molar-refractivity contribution in [2.45, 2.75) is 25.8 Å². The van der Waals surface area contributed by atoms with Crippen molar-refractivity contribution in [1.29, 1.82) is 0 Å². The Balaban J connectivity index is 1.59. The van der Waals surface area contributed by atoms with Crippen LogP contribution in [-0.4, -0.2) is 66.3 Å². The van der Waals surface area contributed by atoms with Crippen molar-refractivity contribution in [2.75, 3.05) is 49.2 Å². The lowest BCUT2D eigenvalue weighted by molar-refractivity contribution is 0.0986. The Labute approximate surface area is 199 Å². The first kappa shape index (κ1) is 22.5. The Kier molecular flexibility index (Phi) is 6.30. The fraction of sp³-hybridized carbons (Fsp3) is 0.440. The highest BCUT2D eigenvalue weighted by molar-refractivity contribution is 5.94. The molecule has 2 aliphatic heterocycles. The highest BCUT2D eigenvalue weighted by Crippen LogP contribution is 2.31. The van der Waals surface area contributed by atoms with Crippen molar-refractivity contribution in [3.05, 3.63) is 42.0 Å². The fourth-order valence-corrected chi connectivity index (χ4v) is 4.75. The van der Waals surface area contributed by atoms with Gasteiger partial charge in [-0.05, 0) is 56.5 Å². The highest BCUT2D eigenvalue weighted by atomic mass is 16.5. The maximum Gasteiger partial charge on any atom is 0.248 e. The van der Waals surface area contributed by atoms with Crippen LogP contribution < -0.4 is 21.3 Å². The number of nitrogens with zero attached hydrogens (tertiary/aromatic N) is 5. The van der Waals surface area contributed by atoms with Gasteiger partial charge in [0.1, 0.15) is 5.82 Å². The summed E-state index contributed by atoms with van der Waals surface area (Å²) in [7, 11) is 0. The SMILES string of the molecule is C[C@H]1COCCN1c1nc(N2CCC(CN)CC2)nc2nc(-c3cccc(C(N)=O)c3)ccc12. The molecule has 2 saturated heterocycles. The molecular formula is C25H31N7O2. The summed E-state index contributed by atoms with van der Waals surface area (Å²) >= 11 is 0. The molecule has 2 fully saturated rings. The zero-order valence-electron chi connectivity index (χ0n) is 19.5. The topological polar surface area (TPSA) is 123 Å². The molecule has 0 saturated carbocycles. The molecule has 178 valence electrons. The van der Waals surface area contributed by atoms with E-state index in [9.17, 15) is 4.79 Å². The normalized spacial score (nSPS) is 19.5. The molecule has 3 aromatic rings. The Hall–Kier alpha value is -3.30. The lowest BCUT2D eigenvalue weighted by Crippen LogP contribution is -2.44. The number of morpholine rings is 1. The summed E-state index contributed by atoms with van der Waals surface area (Å²) in [6.07, 6.45) is 2.07. The number of aromatic nitrogens is 3. The molecule has 1 amide bonds. The minimum Gasteiger partial charge on any atom is -0.377 e. The van der Waals surface area contributed by atoms with Gasteiger partial charge in [0, 0.05) is 30.8 Å². The molecule has 9 heteroatoms. The molecule has 1 aromatic carbocycles. The van der Waals surface area contributed by atoms with Gasteiger partial charge in [0.05, 0.1) is 30.3 Å². The zero-order valence-corrected chi connectivity index (χ0v) is 19.5. The van der Waals surface area contributed by atoms with Crippen LogP contribution in [0, 0.1) is 5.92 Å². The Morgan fingerprint density at radius 3 is 2.68 bits per heavy atom. The Bertz CT molecular complexity index is 1190. The number of primary amides is 1. The number of benzene rings is 1. The van der Waals surface area contributed by atoms with Crippen molar-refractivity contribution >= 4 is 28.7 Å². The lowest BCUT2D eigenvalue weighted by Gasteiger charge is -2.36. The number of carbonyl (C=O) groups is 1. The van der Waals surface area contributed by atoms with E-state index in [-0.39, 0.29) is 6.04 Å². The van der Waals surface area contributed by atoms with Crippen LogP contribution in [0.4, 0.5) is 11.8 Å². The largest absolute Gasteiger partial charge is 0.377 e. The zero-order chi connectivity index (χ0) is 23.7. The van der Waals surface area contributed by atoms with Crippen LogP contribution in [0.3, 0.4) is 0 Å². The molecule has 5 rings (SSSR count). The quantitative estimate of drug-likeness (QED) is 0.593. The summed E-state index contributed by atoms with van der Waals surface area (Å²) in [5, 5.41) is 0.907. The maximum absolute atomic E-state index is 11.7. The smallest absolute Gasteiger partial charge is 0.248 e. The van der Waals surface area contributed by atoms with Crippen molar-refractivity contribution in [2.24, 2.45) is 17.4 Å². The second-order valence-corrected chi connectivity index (χ2v) is 9.14. The molecule has 4 N–H and O–H groups in total. The number of anilines is 2. The van der Waals surface area contributed by atoms with Crippen molar-refractivity contribution in [3.63, 3.8) is 0 Å². The molecule has 4 heterocycles. The minimum atomic E-state index is -0.461. The summed E-state index contributed by atoms with van der Waals surface area (Å²) in [5.41, 5.74) is 14.0. The fourth-order valence-electron chi connectivity index (χ4n) is 4.75. The first-order chi connectivity index (χ1) is 16.5. The van der Waals surface area contributed by atoms with E-state index in [4.69, 9.17) is 31.2 Å². The second kappa shape index (κ2) is 9.52. The van der Waals surface area contributed by atoms with Gasteiger partial charge in [-0.1, -0.05) is 12.1 Å². The third kappa shape index (κ3) is 4.41. The van der Waals surface area contributed by atoms with Crippen LogP contribution in [0.25, 0.3) is 22.3 Å². The molecule has 0 bridgehead atoms. The summed E-state index contributed by atoms with van der Waals surface area (Å²) < 4.78 is 5.66. The van der Waals surface area contributed by atoms with Crippen LogP contribution in [0.15, 0.2) is 36.4 Å². The number of ether oxygens (including phenoxy) is 1. The van der Waals surface area contributed by atoms with Gasteiger partial charge in [-0.25, -0.2) is 4.98 Å². The first-order valence-electron chi connectivity index (χ1n) is 11.9. The predicted octanol–water partition coefficient (Wildman–Crippen LogP) is 2.19. The molecule has 1 atom stereocenters. The molecule has 0 unspecified atom stereocenters. The van der Waals surface area contributed by atoms with Crippen LogP contribution in [0.2, 0.25) is 0 Å². The van der Waals surface area contributed by atoms with Crippen LogP contribution in [0.5, 0.6) is 0 Å². The average molecular weight is 462 g/mol. The third-order valence-electron chi connectivity index (χ3n) is 6.84. The molecular weight excluding hydrogens is 430 g/mol. The maximum atomic E-state index is 11.7. The van der Waals surface area contributed by atoms with Crippen molar-refractivity contribution in [3.8, 4) is 11.3 Å². The van der Waals surface area contributed by atoms with E-state index in [0.29, 0.717) is 36.3 Å². The van der Waals surface area contributed by atoms with Gasteiger partial charge in [-0.3, -0.25) is 4.79 Å². The van der Waals surface area contributed by atoms with E-state index >= 15 is 0 Å². The molecule has 9 nitrogen and oxygen atoms in total. The number of fused-ring (bicyclic) bond motifs is 1. The predicted molar refractivity (Wildman–Crippen MR) is 133 cm³/mol. The molecule has 0 spiro atoms. The summed E-state index contributed by atoms with van der Waals surface area (Å²) in [6.45, 7) is 6.73. The van der Waals surface area contributed by atoms with E-state index < -0.39 is 5.91 Å². The summed E-state index contributed by atoms with van der Waals surface area (Å²) in [5.74, 6) is 1.68. The van der Waals surface area contributed by atoms with E-state index in [1.54, 1.807) is 12.1 Å². The van der Waals surface area contributed by atoms with Crippen molar-refractivity contribution < 1.29 is 9.53 Å². The first-order valence-corrected chi connectivity index (χ1v) is 11.9. The standard InChI is InChI=1S/C25H31N7O2/c1-16-15-34-12-11-32(16)24-20-5-6-21(18-3-2-4-19(13-18)22(27)33)28-23(20)29-25(30-24)31-9-7-17(14-26)8-10-31/h2-6,13,16-17H,7-12,14-15,26H2,1H3,(H2,27,33)/t16-/m0/s1. The van der Waals surface area contributed by atoms with Gasteiger partial charge in [-0.2, -0.15) is 9.97 Å². The summed E-state index contributed by atoms with van der Waals surface area (Å²) in [4.78, 5) is 31.0. The molecule has 34 heavy (non-hydrogen) atoms. The minimum absolute atomic E-state index is 0.203. The lowest BCUT2D eigenvalue weighted by atomic mass is 9.97. The molecule has 2 aliphatic rings. The Morgan fingerprint density at radius 2 is 1.94 bits per heavy atom. The van der Waals surface area contributed by atoms with Gasteiger partial charge in [-0.15, -0.1) is 0 Å². The van der Waals surface area contributed by atoms with E-state index in [1.807, 2.05) is 24.3 Å². The van der Waals surface area contributed by atoms with Gasteiger partial charge in [0.2, 0.25) is 11.9 Å². The Morgan fingerprint density at radius 1 is 1.12 bits per heavy atom. The number of pyridine rings is 1. The van der Waals surface area contributed by atoms with E-state index in [0.717, 1.165) is 61.5 Å². The van der Waals surface area contributed by atoms with Gasteiger partial charge < -0.3 is 26.0 Å². The number of hydrogen-bond donors (Lipinski definition) is 2. The summed E-state index contributed by atoms with van der Waals surface area (Å²) in [6, 6.07) is 11.4. The third-order valence-corrected chi connectivity index (χ3v) is 6.84. The van der Waals surface area contributed by atoms with Gasteiger partial charge >= 0.3 is 0 Å². The van der Waals surface area contributed by atoms with Crippen LogP contribution >= 0.6 is 0 Å². The number of rotatable bonds is 5. The monoisotopic (exact) mass is 461 g/mol. The molecule has 2 aromatic heterocycles. The number of nitrogens with two attached hydrogens (primary N) is 2. The molecule has 0 aliphatic carbocycles. The second-order valence-electron chi connectivity index (χ2n) is 9.14. The average Bonchev–Trinajstić information content (AvgIpc) is 2.88. The molecule has 0 radical (unpaired) electrons. The van der Waals surface area contributed by atoms with Gasteiger partial charge in [0.15, 0.2) is 5.65 Å². The van der Waals surface area contributed by atoms with Crippen molar-refractivity contribution in [1.82, 2.24) is 15.0 Å².